The summed E-state index contributed by atoms with van der Waals surface area (Å²) in [4.78, 5) is 30.0. The first-order valence-corrected chi connectivity index (χ1v) is 23.3. The molecule has 0 aliphatic carbocycles. The summed E-state index contributed by atoms with van der Waals surface area (Å²) >= 11 is 1.64. The monoisotopic (exact) mass is 771 g/mol. The van der Waals surface area contributed by atoms with Crippen LogP contribution in [0.3, 0.4) is 0 Å². The van der Waals surface area contributed by atoms with Crippen LogP contribution >= 0.6 is 19.4 Å². The highest BCUT2D eigenvalue weighted by atomic mass is 32.2. The van der Waals surface area contributed by atoms with E-state index in [1.54, 1.807) is 11.8 Å². The summed E-state index contributed by atoms with van der Waals surface area (Å²) in [5.41, 5.74) is 6.17. The molecule has 0 spiro atoms. The van der Waals surface area contributed by atoms with E-state index < -0.39 is 13.6 Å². The number of nitrogens with two attached hydrogens (primary N) is 1. The lowest BCUT2D eigenvalue weighted by atomic mass is 10.1. The number of unbranched alkanes of at least 4 members (excludes halogenated alkanes) is 18. The largest absolute Gasteiger partial charge is 0.379 e. The van der Waals surface area contributed by atoms with Crippen molar-refractivity contribution in [3.05, 3.63) is 0 Å². The first-order chi connectivity index (χ1) is 24.8. The van der Waals surface area contributed by atoms with Crippen molar-refractivity contribution in [3.8, 4) is 0 Å². The fourth-order valence-corrected chi connectivity index (χ4v) is 6.76. The van der Waals surface area contributed by atoms with Crippen LogP contribution in [0.15, 0.2) is 0 Å². The number of ether oxygens (including phenoxy) is 5. The van der Waals surface area contributed by atoms with Crippen molar-refractivity contribution in [2.24, 2.45) is 5.73 Å². The van der Waals surface area contributed by atoms with Crippen LogP contribution < -0.4 is 11.1 Å². The summed E-state index contributed by atoms with van der Waals surface area (Å²) < 4.78 is 39.0. The maximum Gasteiger partial charge on any atom is 0.327 e. The van der Waals surface area contributed by atoms with Gasteiger partial charge in [-0.2, -0.15) is 11.8 Å². The Morgan fingerprint density at radius 3 is 1.57 bits per heavy atom. The van der Waals surface area contributed by atoms with E-state index in [-0.39, 0.29) is 31.4 Å². The predicted molar refractivity (Wildman–Crippen MR) is 212 cm³/mol. The number of nitrogens with one attached hydrogen (secondary N) is 1. The highest BCUT2D eigenvalue weighted by molar-refractivity contribution is 7.99. The summed E-state index contributed by atoms with van der Waals surface area (Å²) in [5, 5.41) is 2.83. The van der Waals surface area contributed by atoms with Crippen molar-refractivity contribution in [2.45, 2.75) is 154 Å². The minimum atomic E-state index is -4.02. The molecule has 0 aliphatic heterocycles. The Kier molecular flexibility index (Phi) is 39.2. The molecule has 0 saturated heterocycles. The molecule has 51 heavy (non-hydrogen) atoms. The van der Waals surface area contributed by atoms with Crippen molar-refractivity contribution in [3.63, 3.8) is 0 Å². The van der Waals surface area contributed by atoms with Gasteiger partial charge < -0.3 is 44.5 Å². The Morgan fingerprint density at radius 2 is 1.06 bits per heavy atom. The molecule has 11 nitrogen and oxygen atoms in total. The third-order valence-electron chi connectivity index (χ3n) is 8.55. The molecule has 0 saturated carbocycles. The van der Waals surface area contributed by atoms with Crippen molar-refractivity contribution in [1.82, 2.24) is 5.32 Å². The van der Waals surface area contributed by atoms with Crippen LogP contribution in [-0.4, -0.2) is 112 Å². The van der Waals surface area contributed by atoms with Gasteiger partial charge in [0.1, 0.15) is 0 Å². The van der Waals surface area contributed by atoms with Gasteiger partial charge >= 0.3 is 7.60 Å². The number of thioether (sulfide) groups is 1. The van der Waals surface area contributed by atoms with Crippen LogP contribution in [0.5, 0.6) is 0 Å². The van der Waals surface area contributed by atoms with Gasteiger partial charge in [-0.25, -0.2) is 0 Å². The van der Waals surface area contributed by atoms with E-state index in [0.717, 1.165) is 31.8 Å². The molecule has 0 radical (unpaired) electrons. The molecule has 1 amide bonds. The zero-order valence-electron chi connectivity index (χ0n) is 32.7. The van der Waals surface area contributed by atoms with Crippen molar-refractivity contribution in [2.75, 3.05) is 83.7 Å². The van der Waals surface area contributed by atoms with Gasteiger partial charge in [-0.05, 0) is 12.8 Å². The molecule has 2 atom stereocenters. The molecule has 0 aliphatic rings. The summed E-state index contributed by atoms with van der Waals surface area (Å²) in [6.07, 6.45) is 25.8. The summed E-state index contributed by atoms with van der Waals surface area (Å²) in [5.74, 6) is 1.05. The summed E-state index contributed by atoms with van der Waals surface area (Å²) in [6.45, 7) is 8.60. The van der Waals surface area contributed by atoms with Crippen molar-refractivity contribution in [1.29, 1.82) is 0 Å². The molecule has 0 bridgehead atoms. The molecule has 0 aromatic rings. The number of carbonyl (C=O) groups is 1. The SMILES string of the molecule is CCCCCCCCCCCCOCC(CSC[C@H](N)C(=O)NCCOCCOCCOCCP(=O)(O)O)OCCCCCCCCCCCC. The minimum absolute atomic E-state index is 0.00570. The molecule has 5 N–H and O–H groups in total. The highest BCUT2D eigenvalue weighted by Crippen LogP contribution is 2.33. The Labute approximate surface area is 316 Å². The molecule has 306 valence electrons. The minimum Gasteiger partial charge on any atom is -0.379 e. The van der Waals surface area contributed by atoms with Crippen LogP contribution in [0, 0.1) is 0 Å². The second-order valence-corrected chi connectivity index (χ2v) is 16.4. The number of amides is 1. The van der Waals surface area contributed by atoms with Crippen LogP contribution in [0.25, 0.3) is 0 Å². The predicted octanol–water partition coefficient (Wildman–Crippen LogP) is 7.63. The lowest BCUT2D eigenvalue weighted by Crippen LogP contribution is -2.43. The number of rotatable bonds is 42. The van der Waals surface area contributed by atoms with Gasteiger partial charge in [-0.1, -0.05) is 129 Å². The highest BCUT2D eigenvalue weighted by Gasteiger charge is 2.16. The van der Waals surface area contributed by atoms with Gasteiger partial charge in [0.25, 0.3) is 0 Å². The van der Waals surface area contributed by atoms with Gasteiger partial charge in [-0.3, -0.25) is 9.36 Å². The van der Waals surface area contributed by atoms with Gasteiger partial charge in [0.2, 0.25) is 5.91 Å². The van der Waals surface area contributed by atoms with Crippen LogP contribution in [0.4, 0.5) is 0 Å². The van der Waals surface area contributed by atoms with Crippen molar-refractivity contribution < 1.29 is 42.8 Å². The van der Waals surface area contributed by atoms with Gasteiger partial charge in [0, 0.05) is 31.3 Å². The Hall–Kier alpha value is -0.270. The topological polar surface area (TPSA) is 159 Å². The third kappa shape index (κ3) is 40.7. The molecular formula is C38H79N2O9PS. The molecule has 0 aromatic heterocycles. The van der Waals surface area contributed by atoms with E-state index in [4.69, 9.17) is 39.2 Å². The molecule has 1 unspecified atom stereocenters. The Bertz CT molecular complexity index is 782. The maximum absolute atomic E-state index is 12.5. The zero-order chi connectivity index (χ0) is 37.5. The van der Waals surface area contributed by atoms with E-state index in [9.17, 15) is 9.36 Å². The Morgan fingerprint density at radius 1 is 0.608 bits per heavy atom. The van der Waals surface area contributed by atoms with Crippen molar-refractivity contribution >= 4 is 25.3 Å². The molecule has 13 heteroatoms. The summed E-state index contributed by atoms with van der Waals surface area (Å²) in [6, 6.07) is -0.612. The zero-order valence-corrected chi connectivity index (χ0v) is 34.4. The summed E-state index contributed by atoms with van der Waals surface area (Å²) in [7, 11) is -4.02. The fourth-order valence-electron chi connectivity index (χ4n) is 5.40. The number of carbonyl (C=O) groups excluding carboxylic acids is 1. The number of hydrogen-bond donors (Lipinski definition) is 4. The quantitative estimate of drug-likeness (QED) is 0.0357. The molecule has 0 rings (SSSR count). The molecule has 0 fully saturated rings. The number of hydrogen-bond acceptors (Lipinski definition) is 9. The lowest BCUT2D eigenvalue weighted by molar-refractivity contribution is -0.122. The van der Waals surface area contributed by atoms with E-state index in [1.165, 1.54) is 116 Å². The van der Waals surface area contributed by atoms with E-state index >= 15 is 0 Å². The first kappa shape index (κ1) is 50.7. The maximum atomic E-state index is 12.5. The lowest BCUT2D eigenvalue weighted by Gasteiger charge is -2.19. The molecule has 0 heterocycles. The fraction of sp³-hybridized carbons (Fsp3) is 0.974. The third-order valence-corrected chi connectivity index (χ3v) is 10.5. The second kappa shape index (κ2) is 39.4. The average molecular weight is 771 g/mol. The van der Waals surface area contributed by atoms with Gasteiger partial charge in [0.15, 0.2) is 0 Å². The smallest absolute Gasteiger partial charge is 0.327 e. The van der Waals surface area contributed by atoms with E-state index in [2.05, 4.69) is 19.2 Å². The molecule has 0 aromatic carbocycles. The standard InChI is InChI=1S/C38H79N2O9PS/c1-3-5-7-9-11-13-15-17-19-21-24-48-33-36(49-25-22-20-18-16-14-12-10-8-6-4-2)34-51-35-37(39)38(41)40-23-26-45-27-28-46-29-30-47-31-32-50(42,43)44/h36-37H,3-35,39H2,1-2H3,(H,40,41)(H2,42,43,44)/t36?,37-/m0/s1. The van der Waals surface area contributed by atoms with E-state index in [0.29, 0.717) is 45.3 Å². The van der Waals surface area contributed by atoms with E-state index in [1.807, 2.05) is 0 Å². The second-order valence-electron chi connectivity index (χ2n) is 13.6. The Balaban J connectivity index is 4.13. The normalized spacial score (nSPS) is 13.1. The average Bonchev–Trinajstić information content (AvgIpc) is 3.10. The van der Waals surface area contributed by atoms with Gasteiger partial charge in [-0.15, -0.1) is 0 Å². The van der Waals surface area contributed by atoms with Gasteiger partial charge in [0.05, 0.1) is 64.6 Å². The first-order valence-electron chi connectivity index (χ1n) is 20.4. The van der Waals surface area contributed by atoms with Crippen LogP contribution in [-0.2, 0) is 33.0 Å². The van der Waals surface area contributed by atoms with Crippen LogP contribution in [0.2, 0.25) is 0 Å². The molecular weight excluding hydrogens is 691 g/mol. The van der Waals surface area contributed by atoms with Crippen LogP contribution in [0.1, 0.15) is 142 Å².